The van der Waals surface area contributed by atoms with Gasteiger partial charge >= 0.3 is 0 Å². The number of halogens is 1. The van der Waals surface area contributed by atoms with E-state index in [0.717, 1.165) is 15.8 Å². The van der Waals surface area contributed by atoms with Crippen LogP contribution >= 0.6 is 15.9 Å². The summed E-state index contributed by atoms with van der Waals surface area (Å²) in [5, 5.41) is 9.36. The largest absolute Gasteiger partial charge is 0.496 e. The van der Waals surface area contributed by atoms with Gasteiger partial charge in [0.05, 0.1) is 18.8 Å². The van der Waals surface area contributed by atoms with E-state index in [2.05, 4.69) is 15.9 Å². The fourth-order valence-corrected chi connectivity index (χ4v) is 2.89. The molecule has 1 aliphatic carbocycles. The highest BCUT2D eigenvalue weighted by molar-refractivity contribution is 9.10. The zero-order chi connectivity index (χ0) is 11.1. The zero-order valence-corrected chi connectivity index (χ0v) is 10.1. The Balaban J connectivity index is 2.42. The van der Waals surface area contributed by atoms with Crippen LogP contribution in [0.1, 0.15) is 18.4 Å². The van der Waals surface area contributed by atoms with Crippen molar-refractivity contribution in [2.24, 2.45) is 5.73 Å². The first-order chi connectivity index (χ1) is 7.07. The number of hydrogen-bond donors (Lipinski definition) is 2. The maximum atomic E-state index is 9.36. The molecule has 0 unspecified atom stereocenters. The highest BCUT2D eigenvalue weighted by Crippen LogP contribution is 2.45. The van der Waals surface area contributed by atoms with Crippen LogP contribution in [-0.4, -0.2) is 18.3 Å². The maximum Gasteiger partial charge on any atom is 0.125 e. The summed E-state index contributed by atoms with van der Waals surface area (Å²) in [6.07, 6.45) is 0.893. The Morgan fingerprint density at radius 1 is 1.53 bits per heavy atom. The van der Waals surface area contributed by atoms with Gasteiger partial charge in [0.15, 0.2) is 0 Å². The number of hydrogen-bond acceptors (Lipinski definition) is 3. The van der Waals surface area contributed by atoms with Crippen molar-refractivity contribution in [2.45, 2.75) is 24.5 Å². The molecule has 0 aliphatic heterocycles. The van der Waals surface area contributed by atoms with Crippen molar-refractivity contribution in [1.82, 2.24) is 0 Å². The zero-order valence-electron chi connectivity index (χ0n) is 8.53. The van der Waals surface area contributed by atoms with Crippen LogP contribution in [0.3, 0.4) is 0 Å². The summed E-state index contributed by atoms with van der Waals surface area (Å²) in [4.78, 5) is 0. The van der Waals surface area contributed by atoms with Gasteiger partial charge in [-0.25, -0.2) is 0 Å². The quantitative estimate of drug-likeness (QED) is 0.862. The third-order valence-corrected chi connectivity index (χ3v) is 3.55. The van der Waals surface area contributed by atoms with Crippen molar-refractivity contribution in [1.29, 1.82) is 0 Å². The molecule has 0 atom stereocenters. The van der Waals surface area contributed by atoms with E-state index in [0.29, 0.717) is 12.8 Å². The third kappa shape index (κ3) is 1.77. The number of ether oxygens (including phenoxy) is 1. The summed E-state index contributed by atoms with van der Waals surface area (Å²) < 4.78 is 6.23. The molecule has 1 fully saturated rings. The Morgan fingerprint density at radius 2 is 2.20 bits per heavy atom. The number of rotatable bonds is 2. The highest BCUT2D eigenvalue weighted by atomic mass is 79.9. The predicted octanol–water partition coefficient (Wildman–Crippen LogP) is 1.77. The van der Waals surface area contributed by atoms with Gasteiger partial charge in [0.25, 0.3) is 0 Å². The van der Waals surface area contributed by atoms with Crippen molar-refractivity contribution in [3.8, 4) is 5.75 Å². The average Bonchev–Trinajstić information content (AvgIpc) is 2.14. The summed E-state index contributed by atoms with van der Waals surface area (Å²) in [7, 11) is 1.63. The molecular formula is C11H14BrNO2. The topological polar surface area (TPSA) is 55.5 Å². The first-order valence-electron chi connectivity index (χ1n) is 4.87. The Hall–Kier alpha value is -0.580. The second-order valence-electron chi connectivity index (χ2n) is 4.04. The van der Waals surface area contributed by atoms with Crippen LogP contribution in [0.15, 0.2) is 22.7 Å². The van der Waals surface area contributed by atoms with Crippen molar-refractivity contribution < 1.29 is 9.84 Å². The van der Waals surface area contributed by atoms with E-state index in [1.807, 2.05) is 18.2 Å². The third-order valence-electron chi connectivity index (χ3n) is 2.89. The van der Waals surface area contributed by atoms with Gasteiger partial charge in [0.1, 0.15) is 5.75 Å². The standard InChI is InChI=1S/C11H14BrNO2/c1-15-9-4-2-3-8(12)10(9)11(13)5-7(14)6-11/h2-4,7,14H,5-6,13H2,1H3. The second kappa shape index (κ2) is 3.77. The van der Waals surface area contributed by atoms with Crippen molar-refractivity contribution in [2.75, 3.05) is 7.11 Å². The summed E-state index contributed by atoms with van der Waals surface area (Å²) >= 11 is 3.48. The molecule has 2 rings (SSSR count). The lowest BCUT2D eigenvalue weighted by atomic mass is 9.70. The summed E-state index contributed by atoms with van der Waals surface area (Å²) in [5.74, 6) is 0.777. The van der Waals surface area contributed by atoms with Crippen molar-refractivity contribution in [3.05, 3.63) is 28.2 Å². The van der Waals surface area contributed by atoms with Crippen LogP contribution in [0.5, 0.6) is 5.75 Å². The van der Waals surface area contributed by atoms with E-state index in [-0.39, 0.29) is 6.10 Å². The van der Waals surface area contributed by atoms with Gasteiger partial charge in [-0.1, -0.05) is 22.0 Å². The first kappa shape index (κ1) is 10.9. The van der Waals surface area contributed by atoms with Gasteiger partial charge < -0.3 is 15.6 Å². The van der Waals surface area contributed by atoms with Crippen LogP contribution in [-0.2, 0) is 5.54 Å². The highest BCUT2D eigenvalue weighted by Gasteiger charge is 2.44. The minimum absolute atomic E-state index is 0.285. The molecule has 3 N–H and O–H groups in total. The van der Waals surface area contributed by atoms with E-state index in [1.165, 1.54) is 0 Å². The van der Waals surface area contributed by atoms with Gasteiger partial charge in [-0.2, -0.15) is 0 Å². The molecule has 1 saturated carbocycles. The molecule has 1 aliphatic rings. The first-order valence-corrected chi connectivity index (χ1v) is 5.66. The van der Waals surface area contributed by atoms with E-state index < -0.39 is 5.54 Å². The molecule has 0 aromatic heterocycles. The Bertz CT molecular complexity index is 375. The molecule has 0 bridgehead atoms. The van der Waals surface area contributed by atoms with Crippen molar-refractivity contribution >= 4 is 15.9 Å². The summed E-state index contributed by atoms with van der Waals surface area (Å²) in [6.45, 7) is 0. The van der Waals surface area contributed by atoms with E-state index in [9.17, 15) is 5.11 Å². The molecule has 0 heterocycles. The smallest absolute Gasteiger partial charge is 0.125 e. The van der Waals surface area contributed by atoms with Crippen molar-refractivity contribution in [3.63, 3.8) is 0 Å². The lowest BCUT2D eigenvalue weighted by molar-refractivity contribution is 0.0195. The Kier molecular flexibility index (Phi) is 2.75. The molecule has 0 spiro atoms. The second-order valence-corrected chi connectivity index (χ2v) is 4.89. The lowest BCUT2D eigenvalue weighted by Gasteiger charge is -2.43. The van der Waals surface area contributed by atoms with Gasteiger partial charge in [0, 0.05) is 10.0 Å². The number of benzene rings is 1. The number of aliphatic hydroxyl groups is 1. The normalized spacial score (nSPS) is 29.7. The Labute approximate surface area is 97.4 Å². The van der Waals surface area contributed by atoms with Crippen LogP contribution in [0.25, 0.3) is 0 Å². The molecule has 4 heteroatoms. The Morgan fingerprint density at radius 3 is 2.73 bits per heavy atom. The molecule has 82 valence electrons. The molecule has 1 aromatic carbocycles. The fourth-order valence-electron chi connectivity index (χ4n) is 2.14. The average molecular weight is 272 g/mol. The van der Waals surface area contributed by atoms with Crippen LogP contribution in [0.2, 0.25) is 0 Å². The molecule has 0 amide bonds. The minimum atomic E-state index is -0.454. The number of aliphatic hydroxyl groups excluding tert-OH is 1. The molecule has 1 aromatic rings. The SMILES string of the molecule is COc1cccc(Br)c1C1(N)CC(O)C1. The molecule has 3 nitrogen and oxygen atoms in total. The molecular weight excluding hydrogens is 258 g/mol. The summed E-state index contributed by atoms with van der Waals surface area (Å²) in [5.41, 5.74) is 6.72. The monoisotopic (exact) mass is 271 g/mol. The maximum absolute atomic E-state index is 9.36. The van der Waals surface area contributed by atoms with Gasteiger partial charge in [-0.3, -0.25) is 0 Å². The van der Waals surface area contributed by atoms with Gasteiger partial charge in [-0.15, -0.1) is 0 Å². The van der Waals surface area contributed by atoms with Gasteiger partial charge in [0.2, 0.25) is 0 Å². The van der Waals surface area contributed by atoms with Gasteiger partial charge in [-0.05, 0) is 25.0 Å². The minimum Gasteiger partial charge on any atom is -0.496 e. The molecule has 0 radical (unpaired) electrons. The molecule has 15 heavy (non-hydrogen) atoms. The lowest BCUT2D eigenvalue weighted by Crippen LogP contribution is -2.52. The van der Waals surface area contributed by atoms with Crippen LogP contribution < -0.4 is 10.5 Å². The number of methoxy groups -OCH3 is 1. The van der Waals surface area contributed by atoms with E-state index in [4.69, 9.17) is 10.5 Å². The fraction of sp³-hybridized carbons (Fsp3) is 0.455. The van der Waals surface area contributed by atoms with E-state index >= 15 is 0 Å². The summed E-state index contributed by atoms with van der Waals surface area (Å²) in [6, 6.07) is 5.74. The number of nitrogens with two attached hydrogens (primary N) is 1. The predicted molar refractivity (Wildman–Crippen MR) is 61.8 cm³/mol. The molecule has 0 saturated heterocycles. The van der Waals surface area contributed by atoms with Crippen LogP contribution in [0, 0.1) is 0 Å². The van der Waals surface area contributed by atoms with Crippen LogP contribution in [0.4, 0.5) is 0 Å². The van der Waals surface area contributed by atoms with E-state index in [1.54, 1.807) is 7.11 Å².